The second kappa shape index (κ2) is 23.7. The summed E-state index contributed by atoms with van der Waals surface area (Å²) in [6.45, 7) is 8.43. The van der Waals surface area contributed by atoms with Gasteiger partial charge in [0.15, 0.2) is 5.41 Å². The average molecular weight is 483 g/mol. The summed E-state index contributed by atoms with van der Waals surface area (Å²) >= 11 is 0. The van der Waals surface area contributed by atoms with Gasteiger partial charge in [-0.3, -0.25) is 9.59 Å². The largest absolute Gasteiger partial charge is 0.465 e. The summed E-state index contributed by atoms with van der Waals surface area (Å²) in [5, 5.41) is 0. The third kappa shape index (κ3) is 19.3. The molecule has 0 N–H and O–H groups in total. The maximum atomic E-state index is 12.3. The van der Waals surface area contributed by atoms with E-state index in [9.17, 15) is 9.59 Å². The van der Waals surface area contributed by atoms with Gasteiger partial charge in [0.25, 0.3) is 0 Å². The summed E-state index contributed by atoms with van der Waals surface area (Å²) in [7, 11) is 0. The summed E-state index contributed by atoms with van der Waals surface area (Å²) in [6.07, 6.45) is 26.6. The Balaban J connectivity index is 3.52. The van der Waals surface area contributed by atoms with Crippen LogP contribution in [0.3, 0.4) is 0 Å². The van der Waals surface area contributed by atoms with Crippen molar-refractivity contribution in [3.8, 4) is 0 Å². The SMILES string of the molecule is CCCCCCCCCCCCCCCCCCOC(=O)C(C)(C)C(=O)OCCCCCCC. The molecule has 0 aliphatic carbocycles. The minimum absolute atomic E-state index is 0.387. The minimum atomic E-state index is -1.22. The quantitative estimate of drug-likeness (QED) is 0.0738. The van der Waals surface area contributed by atoms with E-state index in [1.54, 1.807) is 13.8 Å². The second-order valence-corrected chi connectivity index (χ2v) is 10.6. The monoisotopic (exact) mass is 482 g/mol. The van der Waals surface area contributed by atoms with E-state index in [2.05, 4.69) is 13.8 Å². The average Bonchev–Trinajstić information content (AvgIpc) is 2.82. The molecule has 4 heteroatoms. The van der Waals surface area contributed by atoms with Crippen molar-refractivity contribution in [3.05, 3.63) is 0 Å². The number of hydrogen-bond acceptors (Lipinski definition) is 4. The normalized spacial score (nSPS) is 11.5. The molecule has 0 aliphatic rings. The number of hydrogen-bond donors (Lipinski definition) is 0. The molecular weight excluding hydrogens is 424 g/mol. The van der Waals surface area contributed by atoms with E-state index in [1.165, 1.54) is 109 Å². The van der Waals surface area contributed by atoms with Crippen LogP contribution in [0.1, 0.15) is 163 Å². The predicted octanol–water partition coefficient (Wildman–Crippen LogP) is 9.33. The standard InChI is InChI=1S/C30H58O4/c1-5-7-9-11-12-13-14-15-16-17-18-19-20-21-23-25-27-34-29(32)30(3,4)28(31)33-26-24-22-10-8-6-2/h5-27H2,1-4H3. The molecule has 0 aromatic rings. The van der Waals surface area contributed by atoms with Crippen LogP contribution in [0.15, 0.2) is 0 Å². The van der Waals surface area contributed by atoms with Crippen LogP contribution in [-0.4, -0.2) is 25.2 Å². The van der Waals surface area contributed by atoms with Gasteiger partial charge in [0.1, 0.15) is 0 Å². The molecule has 4 nitrogen and oxygen atoms in total. The van der Waals surface area contributed by atoms with Crippen LogP contribution >= 0.6 is 0 Å². The van der Waals surface area contributed by atoms with Crippen LogP contribution < -0.4 is 0 Å². The van der Waals surface area contributed by atoms with Crippen LogP contribution in [0.25, 0.3) is 0 Å². The number of unbranched alkanes of at least 4 members (excludes halogenated alkanes) is 19. The van der Waals surface area contributed by atoms with Crippen LogP contribution in [-0.2, 0) is 19.1 Å². The molecule has 0 rings (SSSR count). The number of carbonyl (C=O) groups excluding carboxylic acids is 2. The van der Waals surface area contributed by atoms with Crippen molar-refractivity contribution in [2.75, 3.05) is 13.2 Å². The Bertz CT molecular complexity index is 472. The molecule has 0 aromatic carbocycles. The zero-order chi connectivity index (χ0) is 25.3. The number of ether oxygens (including phenoxy) is 2. The molecule has 0 atom stereocenters. The van der Waals surface area contributed by atoms with Gasteiger partial charge in [-0.1, -0.05) is 136 Å². The van der Waals surface area contributed by atoms with Crippen LogP contribution in [0, 0.1) is 5.41 Å². The summed E-state index contributed by atoms with van der Waals surface area (Å²) in [5.74, 6) is -0.940. The molecule has 0 saturated heterocycles. The molecule has 0 aromatic heterocycles. The lowest BCUT2D eigenvalue weighted by Crippen LogP contribution is -2.37. The number of carbonyl (C=O) groups is 2. The van der Waals surface area contributed by atoms with Crippen molar-refractivity contribution < 1.29 is 19.1 Å². The van der Waals surface area contributed by atoms with Gasteiger partial charge in [0.05, 0.1) is 13.2 Å². The smallest absolute Gasteiger partial charge is 0.322 e. The molecule has 0 radical (unpaired) electrons. The molecule has 0 unspecified atom stereocenters. The Labute approximate surface area is 212 Å². The zero-order valence-corrected chi connectivity index (χ0v) is 23.4. The van der Waals surface area contributed by atoms with E-state index in [4.69, 9.17) is 9.47 Å². The summed E-state index contributed by atoms with van der Waals surface area (Å²) in [5.41, 5.74) is -1.22. The van der Waals surface area contributed by atoms with E-state index in [0.717, 1.165) is 25.7 Å². The summed E-state index contributed by atoms with van der Waals surface area (Å²) < 4.78 is 10.7. The highest BCUT2D eigenvalue weighted by Crippen LogP contribution is 2.20. The van der Waals surface area contributed by atoms with E-state index in [-0.39, 0.29) is 0 Å². The molecule has 0 amide bonds. The van der Waals surface area contributed by atoms with Crippen molar-refractivity contribution in [2.45, 2.75) is 163 Å². The molecule has 0 saturated carbocycles. The number of rotatable bonds is 25. The first kappa shape index (κ1) is 32.9. The fourth-order valence-electron chi connectivity index (χ4n) is 4.13. The third-order valence-electron chi connectivity index (χ3n) is 6.73. The Kier molecular flexibility index (Phi) is 22.9. The maximum absolute atomic E-state index is 12.3. The highest BCUT2D eigenvalue weighted by molar-refractivity contribution is 5.99. The van der Waals surface area contributed by atoms with Crippen LogP contribution in [0.2, 0.25) is 0 Å². The fourth-order valence-corrected chi connectivity index (χ4v) is 4.13. The molecule has 0 spiro atoms. The Morgan fingerprint density at radius 3 is 0.941 bits per heavy atom. The Hall–Kier alpha value is -1.06. The van der Waals surface area contributed by atoms with Crippen molar-refractivity contribution in [1.29, 1.82) is 0 Å². The van der Waals surface area contributed by atoms with E-state index >= 15 is 0 Å². The number of esters is 2. The van der Waals surface area contributed by atoms with Crippen molar-refractivity contribution in [2.24, 2.45) is 5.41 Å². The molecule has 34 heavy (non-hydrogen) atoms. The van der Waals surface area contributed by atoms with Gasteiger partial charge in [-0.15, -0.1) is 0 Å². The van der Waals surface area contributed by atoms with Crippen molar-refractivity contribution in [3.63, 3.8) is 0 Å². The Morgan fingerprint density at radius 2 is 0.676 bits per heavy atom. The van der Waals surface area contributed by atoms with Crippen LogP contribution in [0.4, 0.5) is 0 Å². The second-order valence-electron chi connectivity index (χ2n) is 10.6. The predicted molar refractivity (Wildman–Crippen MR) is 144 cm³/mol. The molecule has 202 valence electrons. The lowest BCUT2D eigenvalue weighted by atomic mass is 9.94. The van der Waals surface area contributed by atoms with E-state index in [1.807, 2.05) is 0 Å². The first-order valence-electron chi connectivity index (χ1n) is 14.8. The van der Waals surface area contributed by atoms with E-state index in [0.29, 0.717) is 13.2 Å². The van der Waals surface area contributed by atoms with Gasteiger partial charge in [0, 0.05) is 0 Å². The van der Waals surface area contributed by atoms with Gasteiger partial charge in [-0.25, -0.2) is 0 Å². The molecule has 0 bridgehead atoms. The van der Waals surface area contributed by atoms with Gasteiger partial charge >= 0.3 is 11.9 Å². The molecule has 0 heterocycles. The van der Waals surface area contributed by atoms with Crippen molar-refractivity contribution >= 4 is 11.9 Å². The van der Waals surface area contributed by atoms with Crippen molar-refractivity contribution in [1.82, 2.24) is 0 Å². The highest BCUT2D eigenvalue weighted by Gasteiger charge is 2.39. The van der Waals surface area contributed by atoms with Crippen LogP contribution in [0.5, 0.6) is 0 Å². The minimum Gasteiger partial charge on any atom is -0.465 e. The fraction of sp³-hybridized carbons (Fsp3) is 0.933. The van der Waals surface area contributed by atoms with Gasteiger partial charge < -0.3 is 9.47 Å². The van der Waals surface area contributed by atoms with Gasteiger partial charge in [0.2, 0.25) is 0 Å². The van der Waals surface area contributed by atoms with Gasteiger partial charge in [-0.05, 0) is 26.7 Å². The summed E-state index contributed by atoms with van der Waals surface area (Å²) in [6, 6.07) is 0. The first-order chi connectivity index (χ1) is 16.5. The van der Waals surface area contributed by atoms with Gasteiger partial charge in [-0.2, -0.15) is 0 Å². The lowest BCUT2D eigenvalue weighted by molar-refractivity contribution is -0.170. The van der Waals surface area contributed by atoms with E-state index < -0.39 is 17.4 Å². The molecular formula is C30H58O4. The first-order valence-corrected chi connectivity index (χ1v) is 14.8. The molecule has 0 aliphatic heterocycles. The zero-order valence-electron chi connectivity index (χ0n) is 23.4. The summed E-state index contributed by atoms with van der Waals surface area (Å²) in [4.78, 5) is 24.6. The topological polar surface area (TPSA) is 52.6 Å². The maximum Gasteiger partial charge on any atom is 0.322 e. The lowest BCUT2D eigenvalue weighted by Gasteiger charge is -2.20. The highest BCUT2D eigenvalue weighted by atomic mass is 16.6. The Morgan fingerprint density at radius 1 is 0.441 bits per heavy atom. The third-order valence-corrected chi connectivity index (χ3v) is 6.73. The molecule has 0 fully saturated rings.